The van der Waals surface area contributed by atoms with Gasteiger partial charge in [-0.2, -0.15) is 0 Å². The lowest BCUT2D eigenvalue weighted by atomic mass is 10.1. The van der Waals surface area contributed by atoms with E-state index in [1.807, 2.05) is 0 Å². The highest BCUT2D eigenvalue weighted by Gasteiger charge is 2.23. The maximum absolute atomic E-state index is 10.5. The van der Waals surface area contributed by atoms with Gasteiger partial charge in [0.05, 0.1) is 5.69 Å². The quantitative estimate of drug-likeness (QED) is 0.628. The van der Waals surface area contributed by atoms with Crippen LogP contribution in [0.4, 0.5) is 11.5 Å². The van der Waals surface area contributed by atoms with Crippen molar-refractivity contribution in [2.75, 3.05) is 24.6 Å². The monoisotopic (exact) mass is 237 g/mol. The van der Waals surface area contributed by atoms with Crippen LogP contribution in [-0.4, -0.2) is 34.7 Å². The summed E-state index contributed by atoms with van der Waals surface area (Å²) in [5.41, 5.74) is 0.913. The Morgan fingerprint density at radius 3 is 3.00 bits per heavy atom. The zero-order chi connectivity index (χ0) is 12.3. The van der Waals surface area contributed by atoms with Crippen molar-refractivity contribution in [3.8, 4) is 0 Å². The fourth-order valence-electron chi connectivity index (χ4n) is 2.16. The lowest BCUT2D eigenvalue weighted by Crippen LogP contribution is -2.20. The highest BCUT2D eigenvalue weighted by Crippen LogP contribution is 2.25. The maximum Gasteiger partial charge on any atom is 0.363 e. The summed E-state index contributed by atoms with van der Waals surface area (Å²) in [4.78, 5) is 15.9. The highest BCUT2D eigenvalue weighted by atomic mass is 16.6. The van der Waals surface area contributed by atoms with Crippen LogP contribution in [0.1, 0.15) is 12.8 Å². The molecule has 1 aromatic heterocycles. The standard InChI is InChI=1S/C11H15N3O3/c15-6-4-9-3-5-13(8-9)10-1-2-11(12-7-10)14(16)17/h1-2,7,9,15H,3-6,8H2. The van der Waals surface area contributed by atoms with E-state index in [1.165, 1.54) is 6.07 Å². The third-order valence-corrected chi connectivity index (χ3v) is 3.11. The zero-order valence-electron chi connectivity index (χ0n) is 9.45. The van der Waals surface area contributed by atoms with Gasteiger partial charge in [-0.25, -0.2) is 0 Å². The molecule has 1 unspecified atom stereocenters. The Morgan fingerprint density at radius 1 is 1.59 bits per heavy atom. The van der Waals surface area contributed by atoms with E-state index in [0.717, 1.165) is 31.6 Å². The van der Waals surface area contributed by atoms with Crippen LogP contribution in [-0.2, 0) is 0 Å². The van der Waals surface area contributed by atoms with E-state index in [1.54, 1.807) is 12.3 Å². The number of nitrogens with zero attached hydrogens (tertiary/aromatic N) is 3. The van der Waals surface area contributed by atoms with Crippen molar-refractivity contribution >= 4 is 11.5 Å². The molecule has 0 saturated carbocycles. The van der Waals surface area contributed by atoms with Gasteiger partial charge in [0.15, 0.2) is 6.20 Å². The lowest BCUT2D eigenvalue weighted by Gasteiger charge is -2.16. The molecule has 0 amide bonds. The first-order chi connectivity index (χ1) is 8.20. The first-order valence-electron chi connectivity index (χ1n) is 5.67. The first kappa shape index (κ1) is 11.8. The molecule has 1 N–H and O–H groups in total. The summed E-state index contributed by atoms with van der Waals surface area (Å²) in [5, 5.41) is 19.3. The molecule has 0 radical (unpaired) electrons. The van der Waals surface area contributed by atoms with Gasteiger partial charge in [0.2, 0.25) is 0 Å². The first-order valence-corrected chi connectivity index (χ1v) is 5.67. The van der Waals surface area contributed by atoms with Crippen LogP contribution >= 0.6 is 0 Å². The number of aromatic nitrogens is 1. The summed E-state index contributed by atoms with van der Waals surface area (Å²) in [6, 6.07) is 3.15. The number of nitro groups is 1. The van der Waals surface area contributed by atoms with E-state index in [-0.39, 0.29) is 12.4 Å². The maximum atomic E-state index is 10.5. The van der Waals surface area contributed by atoms with Gasteiger partial charge in [0.25, 0.3) is 0 Å². The summed E-state index contributed by atoms with van der Waals surface area (Å²) in [5.74, 6) is 0.384. The van der Waals surface area contributed by atoms with E-state index in [9.17, 15) is 10.1 Å². The molecule has 0 spiro atoms. The van der Waals surface area contributed by atoms with Gasteiger partial charge in [-0.3, -0.25) is 0 Å². The molecule has 1 atom stereocenters. The summed E-state index contributed by atoms with van der Waals surface area (Å²) in [6.45, 7) is 2.03. The molecule has 1 fully saturated rings. The van der Waals surface area contributed by atoms with E-state index in [2.05, 4.69) is 9.88 Å². The van der Waals surface area contributed by atoms with Crippen molar-refractivity contribution in [2.45, 2.75) is 12.8 Å². The second-order valence-electron chi connectivity index (χ2n) is 4.24. The molecule has 0 bridgehead atoms. The molecule has 92 valence electrons. The Hall–Kier alpha value is -1.69. The number of pyridine rings is 1. The summed E-state index contributed by atoms with van der Waals surface area (Å²) < 4.78 is 0. The molecule has 0 aromatic carbocycles. The summed E-state index contributed by atoms with van der Waals surface area (Å²) in [7, 11) is 0. The lowest BCUT2D eigenvalue weighted by molar-refractivity contribution is -0.389. The fraction of sp³-hybridized carbons (Fsp3) is 0.545. The van der Waals surface area contributed by atoms with Crippen LogP contribution in [0.15, 0.2) is 18.3 Å². The second-order valence-corrected chi connectivity index (χ2v) is 4.24. The van der Waals surface area contributed by atoms with Crippen molar-refractivity contribution in [3.05, 3.63) is 28.4 Å². The molecular formula is C11H15N3O3. The fourth-order valence-corrected chi connectivity index (χ4v) is 2.16. The van der Waals surface area contributed by atoms with E-state index in [0.29, 0.717) is 5.92 Å². The van der Waals surface area contributed by atoms with Gasteiger partial charge in [0, 0.05) is 25.8 Å². The van der Waals surface area contributed by atoms with Crippen LogP contribution in [0.5, 0.6) is 0 Å². The number of anilines is 1. The van der Waals surface area contributed by atoms with Gasteiger partial charge in [-0.15, -0.1) is 0 Å². The molecule has 1 aliphatic heterocycles. The molecule has 17 heavy (non-hydrogen) atoms. The van der Waals surface area contributed by atoms with Crippen molar-refractivity contribution < 1.29 is 10.0 Å². The molecule has 6 heteroatoms. The van der Waals surface area contributed by atoms with Crippen molar-refractivity contribution in [1.82, 2.24) is 4.98 Å². The van der Waals surface area contributed by atoms with Gasteiger partial charge >= 0.3 is 5.82 Å². The number of hydrogen-bond donors (Lipinski definition) is 1. The van der Waals surface area contributed by atoms with Crippen molar-refractivity contribution in [1.29, 1.82) is 0 Å². The third kappa shape index (κ3) is 2.71. The molecule has 1 aliphatic rings. The zero-order valence-corrected chi connectivity index (χ0v) is 9.45. The summed E-state index contributed by atoms with van der Waals surface area (Å²) >= 11 is 0. The summed E-state index contributed by atoms with van der Waals surface area (Å²) in [6.07, 6.45) is 3.41. The Kier molecular flexibility index (Phi) is 3.53. The number of aliphatic hydroxyl groups is 1. The van der Waals surface area contributed by atoms with Gasteiger partial charge in [-0.1, -0.05) is 0 Å². The van der Waals surface area contributed by atoms with Crippen LogP contribution in [0.2, 0.25) is 0 Å². The number of rotatable bonds is 4. The topological polar surface area (TPSA) is 79.5 Å². The average Bonchev–Trinajstić information content (AvgIpc) is 2.78. The Bertz CT molecular complexity index is 393. The van der Waals surface area contributed by atoms with Crippen LogP contribution in [0.3, 0.4) is 0 Å². The van der Waals surface area contributed by atoms with E-state index < -0.39 is 4.92 Å². The molecular weight excluding hydrogens is 222 g/mol. The molecule has 2 heterocycles. The van der Waals surface area contributed by atoms with Crippen molar-refractivity contribution in [2.24, 2.45) is 5.92 Å². The molecule has 1 saturated heterocycles. The molecule has 6 nitrogen and oxygen atoms in total. The minimum absolute atomic E-state index is 0.125. The van der Waals surface area contributed by atoms with E-state index in [4.69, 9.17) is 5.11 Å². The van der Waals surface area contributed by atoms with Gasteiger partial charge in [0.1, 0.15) is 0 Å². The number of hydrogen-bond acceptors (Lipinski definition) is 5. The Balaban J connectivity index is 2.01. The largest absolute Gasteiger partial charge is 0.396 e. The van der Waals surface area contributed by atoms with Gasteiger partial charge < -0.3 is 20.1 Å². The molecule has 1 aromatic rings. The van der Waals surface area contributed by atoms with Crippen LogP contribution in [0, 0.1) is 16.0 Å². The normalized spacial score (nSPS) is 19.6. The smallest absolute Gasteiger partial charge is 0.363 e. The van der Waals surface area contributed by atoms with E-state index >= 15 is 0 Å². The molecule has 0 aliphatic carbocycles. The highest BCUT2D eigenvalue weighted by molar-refractivity contribution is 5.47. The predicted molar refractivity (Wildman–Crippen MR) is 62.9 cm³/mol. The van der Waals surface area contributed by atoms with Crippen molar-refractivity contribution in [3.63, 3.8) is 0 Å². The van der Waals surface area contributed by atoms with Crippen LogP contribution in [0.25, 0.3) is 0 Å². The second kappa shape index (κ2) is 5.09. The minimum atomic E-state index is -0.498. The number of aliphatic hydroxyl groups excluding tert-OH is 1. The predicted octanol–water partition coefficient (Wildman–Crippen LogP) is 1.20. The van der Waals surface area contributed by atoms with Gasteiger partial charge in [-0.05, 0) is 34.7 Å². The minimum Gasteiger partial charge on any atom is -0.396 e. The third-order valence-electron chi connectivity index (χ3n) is 3.11. The Labute approximate surface area is 99.0 Å². The SMILES string of the molecule is O=[N+]([O-])c1ccc(N2CCC(CCO)C2)cn1. The van der Waals surface area contributed by atoms with Crippen LogP contribution < -0.4 is 4.90 Å². The molecule has 2 rings (SSSR count). The average molecular weight is 237 g/mol. The Morgan fingerprint density at radius 2 is 2.41 bits per heavy atom.